The molecule has 1 N–H and O–H groups in total. The molecule has 0 saturated carbocycles. The van der Waals surface area contributed by atoms with Crippen LogP contribution in [0.5, 0.6) is 11.5 Å². The third-order valence-electron chi connectivity index (χ3n) is 11.2. The number of hydrogen-bond acceptors (Lipinski definition) is 8. The lowest BCUT2D eigenvalue weighted by atomic mass is 9.49. The number of benzene rings is 2. The molecule has 0 atom stereocenters. The van der Waals surface area contributed by atoms with Crippen molar-refractivity contribution in [3.8, 4) is 11.5 Å². The molecular weight excluding hydrogens is 701 g/mol. The van der Waals surface area contributed by atoms with Gasteiger partial charge in [-0.2, -0.15) is 0 Å². The lowest BCUT2D eigenvalue weighted by Gasteiger charge is -2.36. The van der Waals surface area contributed by atoms with Crippen LogP contribution < -0.4 is 9.89 Å². The molecule has 0 bridgehead atoms. The highest BCUT2D eigenvalue weighted by Crippen LogP contribution is 2.43. The number of phenols is 1. The monoisotopic (exact) mass is 760 g/mol. The lowest BCUT2D eigenvalue weighted by molar-refractivity contribution is 0.00578. The van der Waals surface area contributed by atoms with Crippen LogP contribution in [0, 0.1) is 0 Å². The summed E-state index contributed by atoms with van der Waals surface area (Å²) in [6.07, 6.45) is 0. The standard InChI is InChI=1S/C12H24B2O4.C12H17BO3.C12H19BrOSi/c1-9(2)10(3,4)16-13(15-9)14-17-11(5,6)12(7,8)18-14;1-11(2)12(3,4)16-13(15-11)9-5-7-10(14)8-6-9;1-12(2,3)15(4,5)14-11-8-6-10(13)7-9-11/h1-8H3;5-8,14H,1-4H3;6-9H,1-5H3. The fraction of sp³-hybridized carbons (Fsp3) is 0.667. The van der Waals surface area contributed by atoms with E-state index in [-0.39, 0.29) is 51.5 Å². The molecule has 3 heterocycles. The number of aromatic hydroxyl groups is 1. The Labute approximate surface area is 307 Å². The van der Waals surface area contributed by atoms with Crippen LogP contribution in [0.1, 0.15) is 104 Å². The topological polar surface area (TPSA) is 84.8 Å². The Morgan fingerprint density at radius 1 is 0.571 bits per heavy atom. The van der Waals surface area contributed by atoms with E-state index >= 15 is 0 Å². The molecule has 0 unspecified atom stereocenters. The molecule has 2 aromatic rings. The van der Waals surface area contributed by atoms with Gasteiger partial charge in [-0.1, -0.05) is 48.8 Å². The van der Waals surface area contributed by atoms with Crippen LogP contribution in [0.2, 0.25) is 18.1 Å². The number of hydrogen-bond donors (Lipinski definition) is 1. The Bertz CT molecular complexity index is 1320. The van der Waals surface area contributed by atoms with E-state index in [1.807, 2.05) is 119 Å². The lowest BCUT2D eigenvalue weighted by Crippen LogP contribution is -2.43. The van der Waals surface area contributed by atoms with E-state index in [1.165, 1.54) is 0 Å². The molecule has 5 rings (SSSR count). The van der Waals surface area contributed by atoms with Crippen molar-refractivity contribution in [2.45, 2.75) is 156 Å². The number of phenolic OH excluding ortho intramolecular Hbond substituents is 1. The average molecular weight is 761 g/mol. The third-order valence-corrected chi connectivity index (χ3v) is 16.1. The molecular formula is C36H60B3BrO8Si. The second-order valence-corrected chi connectivity index (χ2v) is 23.4. The maximum atomic E-state index is 9.22. The summed E-state index contributed by atoms with van der Waals surface area (Å²) >= 11 is 3.42. The first kappa shape index (κ1) is 42.1. The highest BCUT2D eigenvalue weighted by atomic mass is 79.9. The van der Waals surface area contributed by atoms with Gasteiger partial charge in [-0.3, -0.25) is 0 Å². The molecule has 0 radical (unpaired) electrons. The SMILES string of the molecule is CC(C)(C)[Si](C)(C)Oc1ccc(Br)cc1.CC1(C)OB(B2OC(C)(C)C(C)(C)O2)OC1(C)C.CC1(C)OB(c2ccc(O)cc2)OC1(C)C. The van der Waals surface area contributed by atoms with Crippen LogP contribution >= 0.6 is 15.9 Å². The van der Waals surface area contributed by atoms with Crippen molar-refractivity contribution in [3.05, 3.63) is 53.0 Å². The molecule has 3 fully saturated rings. The summed E-state index contributed by atoms with van der Waals surface area (Å²) in [7, 11) is -2.99. The van der Waals surface area contributed by atoms with E-state index in [9.17, 15) is 5.11 Å². The van der Waals surface area contributed by atoms with E-state index in [0.29, 0.717) is 0 Å². The zero-order valence-electron chi connectivity index (χ0n) is 33.0. The Morgan fingerprint density at radius 3 is 1.22 bits per heavy atom. The molecule has 0 amide bonds. The Hall–Kier alpha value is -1.31. The molecule has 272 valence electrons. The van der Waals surface area contributed by atoms with E-state index in [1.54, 1.807) is 12.1 Å². The highest BCUT2D eigenvalue weighted by Gasteiger charge is 2.63. The number of halogens is 1. The van der Waals surface area contributed by atoms with Crippen LogP contribution in [0.3, 0.4) is 0 Å². The minimum absolute atomic E-state index is 0.250. The van der Waals surface area contributed by atoms with Crippen molar-refractivity contribution >= 4 is 50.8 Å². The Kier molecular flexibility index (Phi) is 12.3. The molecule has 0 aliphatic carbocycles. The maximum Gasteiger partial charge on any atom is 0.494 e. The summed E-state index contributed by atoms with van der Waals surface area (Å²) in [6.45, 7) is 35.6. The summed E-state index contributed by atoms with van der Waals surface area (Å²) in [5.74, 6) is 1.23. The van der Waals surface area contributed by atoms with E-state index in [4.69, 9.17) is 32.4 Å². The van der Waals surface area contributed by atoms with Gasteiger partial charge in [0.2, 0.25) is 8.32 Å². The zero-order valence-corrected chi connectivity index (χ0v) is 35.6. The minimum atomic E-state index is -1.68. The zero-order chi connectivity index (χ0) is 37.6. The molecule has 3 aliphatic heterocycles. The largest absolute Gasteiger partial charge is 0.544 e. The van der Waals surface area contributed by atoms with Crippen LogP contribution in [0.25, 0.3) is 0 Å². The first-order valence-electron chi connectivity index (χ1n) is 17.2. The third kappa shape index (κ3) is 9.77. The summed E-state index contributed by atoms with van der Waals surface area (Å²) in [6, 6.07) is 15.0. The maximum absolute atomic E-state index is 9.22. The molecule has 2 aromatic carbocycles. The van der Waals surface area contributed by atoms with Crippen LogP contribution in [0.4, 0.5) is 0 Å². The minimum Gasteiger partial charge on any atom is -0.544 e. The first-order chi connectivity index (χ1) is 21.9. The van der Waals surface area contributed by atoms with E-state index in [0.717, 1.165) is 15.7 Å². The summed E-state index contributed by atoms with van der Waals surface area (Å²) < 4.78 is 42.8. The average Bonchev–Trinajstić information content (AvgIpc) is 3.39. The molecule has 0 aromatic heterocycles. The number of rotatable bonds is 4. The van der Waals surface area contributed by atoms with E-state index < -0.39 is 22.3 Å². The van der Waals surface area contributed by atoms with Crippen LogP contribution in [0.15, 0.2) is 53.0 Å². The molecule has 3 aliphatic rings. The van der Waals surface area contributed by atoms with Gasteiger partial charge >= 0.3 is 21.1 Å². The van der Waals surface area contributed by atoms with Crippen LogP contribution in [-0.4, -0.2) is 68.2 Å². The molecule has 0 spiro atoms. The summed E-state index contributed by atoms with van der Waals surface area (Å²) in [5, 5.41) is 9.47. The van der Waals surface area contributed by atoms with Crippen molar-refractivity contribution in [1.82, 2.24) is 0 Å². The predicted molar refractivity (Wildman–Crippen MR) is 208 cm³/mol. The fourth-order valence-corrected chi connectivity index (χ4v) is 5.86. The molecule has 8 nitrogen and oxygen atoms in total. The van der Waals surface area contributed by atoms with Crippen molar-refractivity contribution in [2.24, 2.45) is 0 Å². The summed E-state index contributed by atoms with van der Waals surface area (Å²) in [5.41, 5.74) is -1.16. The second kappa shape index (κ2) is 14.3. The Balaban J connectivity index is 0.000000200. The predicted octanol–water partition coefficient (Wildman–Crippen LogP) is 8.77. The molecule has 3 saturated heterocycles. The second-order valence-electron chi connectivity index (χ2n) is 17.7. The smallest absolute Gasteiger partial charge is 0.494 e. The van der Waals surface area contributed by atoms with Gasteiger partial charge in [-0.05, 0) is 143 Å². The van der Waals surface area contributed by atoms with E-state index in [2.05, 4.69) is 49.8 Å². The van der Waals surface area contributed by atoms with Gasteiger partial charge in [-0.15, -0.1) is 0 Å². The Morgan fingerprint density at radius 2 is 0.898 bits per heavy atom. The van der Waals surface area contributed by atoms with Gasteiger partial charge in [-0.25, -0.2) is 0 Å². The fourth-order valence-electron chi connectivity index (χ4n) is 4.56. The van der Waals surface area contributed by atoms with Crippen molar-refractivity contribution in [1.29, 1.82) is 0 Å². The van der Waals surface area contributed by atoms with Gasteiger partial charge in [0.1, 0.15) is 11.5 Å². The quantitative estimate of drug-likeness (QED) is 0.310. The van der Waals surface area contributed by atoms with Crippen molar-refractivity contribution in [3.63, 3.8) is 0 Å². The van der Waals surface area contributed by atoms with Gasteiger partial charge in [0.25, 0.3) is 0 Å². The van der Waals surface area contributed by atoms with Gasteiger partial charge in [0.15, 0.2) is 0 Å². The van der Waals surface area contributed by atoms with Crippen molar-refractivity contribution in [2.75, 3.05) is 0 Å². The van der Waals surface area contributed by atoms with Gasteiger partial charge in [0, 0.05) is 4.47 Å². The van der Waals surface area contributed by atoms with Crippen LogP contribution in [-0.2, 0) is 27.9 Å². The molecule has 13 heteroatoms. The van der Waals surface area contributed by atoms with Gasteiger partial charge in [0.05, 0.1) is 33.6 Å². The van der Waals surface area contributed by atoms with Gasteiger partial charge < -0.3 is 37.5 Å². The van der Waals surface area contributed by atoms with Crippen molar-refractivity contribution < 1.29 is 37.5 Å². The highest BCUT2D eigenvalue weighted by molar-refractivity contribution is 9.10. The molecule has 49 heavy (non-hydrogen) atoms. The first-order valence-corrected chi connectivity index (χ1v) is 20.9. The normalized spacial score (nSPS) is 22.9. The summed E-state index contributed by atoms with van der Waals surface area (Å²) in [4.78, 5) is 0.